The zero-order valence-electron chi connectivity index (χ0n) is 19.0. The molecule has 0 atom stereocenters. The van der Waals surface area contributed by atoms with Gasteiger partial charge in [-0.25, -0.2) is 9.59 Å². The number of aromatic nitrogens is 1. The van der Waals surface area contributed by atoms with E-state index in [0.717, 1.165) is 33.8 Å². The molecule has 168 valence electrons. The first kappa shape index (κ1) is 22.1. The number of methoxy groups -OCH3 is 1. The maximum atomic E-state index is 12.9. The van der Waals surface area contributed by atoms with Gasteiger partial charge in [-0.3, -0.25) is 9.69 Å². The molecule has 7 nitrogen and oxygen atoms in total. The van der Waals surface area contributed by atoms with Gasteiger partial charge < -0.3 is 14.6 Å². The molecule has 1 aliphatic heterocycles. The number of nitrogens with one attached hydrogen (secondary N) is 1. The minimum Gasteiger partial charge on any atom is -0.465 e. The average molecular weight is 444 g/mol. The number of carbonyl (C=O) groups is 3. The van der Waals surface area contributed by atoms with Crippen molar-refractivity contribution in [1.82, 2.24) is 14.8 Å². The third-order valence-corrected chi connectivity index (χ3v) is 5.77. The van der Waals surface area contributed by atoms with Crippen LogP contribution < -0.4 is 5.32 Å². The molecule has 0 bridgehead atoms. The van der Waals surface area contributed by atoms with Gasteiger partial charge in [0.1, 0.15) is 5.70 Å². The molecule has 2 heterocycles. The smallest absolute Gasteiger partial charge is 0.337 e. The molecule has 0 saturated carbocycles. The number of ether oxygens (including phenoxy) is 1. The van der Waals surface area contributed by atoms with Crippen molar-refractivity contribution < 1.29 is 19.1 Å². The molecular weight excluding hydrogens is 418 g/mol. The van der Waals surface area contributed by atoms with E-state index in [1.165, 1.54) is 12.0 Å². The molecule has 0 unspecified atom stereocenters. The van der Waals surface area contributed by atoms with Crippen LogP contribution in [0.1, 0.15) is 38.4 Å². The lowest BCUT2D eigenvalue weighted by molar-refractivity contribution is -0.123. The number of hydrogen-bond acceptors (Lipinski definition) is 4. The second kappa shape index (κ2) is 8.78. The van der Waals surface area contributed by atoms with E-state index < -0.39 is 6.03 Å². The second-order valence-corrected chi connectivity index (χ2v) is 8.02. The molecule has 0 spiro atoms. The topological polar surface area (TPSA) is 80.6 Å². The lowest BCUT2D eigenvalue weighted by Crippen LogP contribution is -2.30. The molecule has 2 aromatic carbocycles. The van der Waals surface area contributed by atoms with Gasteiger partial charge in [0.15, 0.2) is 0 Å². The summed E-state index contributed by atoms with van der Waals surface area (Å²) in [4.78, 5) is 38.4. The van der Waals surface area contributed by atoms with Gasteiger partial charge in [0.25, 0.3) is 5.91 Å². The number of nitrogens with zero attached hydrogens (tertiary/aromatic N) is 2. The monoisotopic (exact) mass is 443 g/mol. The van der Waals surface area contributed by atoms with Gasteiger partial charge in [-0.15, -0.1) is 0 Å². The molecule has 1 saturated heterocycles. The van der Waals surface area contributed by atoms with Crippen LogP contribution in [0.5, 0.6) is 0 Å². The van der Waals surface area contributed by atoms with E-state index >= 15 is 0 Å². The summed E-state index contributed by atoms with van der Waals surface area (Å²) in [7, 11) is 1.36. The molecule has 3 aromatic rings. The van der Waals surface area contributed by atoms with Gasteiger partial charge in [-0.1, -0.05) is 30.3 Å². The minimum absolute atomic E-state index is 0.216. The van der Waals surface area contributed by atoms with E-state index in [2.05, 4.69) is 9.88 Å². The molecule has 1 aliphatic rings. The van der Waals surface area contributed by atoms with Gasteiger partial charge in [0, 0.05) is 17.1 Å². The third kappa shape index (κ3) is 4.17. The summed E-state index contributed by atoms with van der Waals surface area (Å²) < 4.78 is 6.87. The molecule has 7 heteroatoms. The number of hydrogen-bond donors (Lipinski definition) is 1. The summed E-state index contributed by atoms with van der Waals surface area (Å²) in [5.74, 6) is -0.737. The summed E-state index contributed by atoms with van der Waals surface area (Å²) >= 11 is 0. The molecule has 33 heavy (non-hydrogen) atoms. The maximum Gasteiger partial charge on any atom is 0.337 e. The number of imide groups is 1. The molecule has 1 N–H and O–H groups in total. The SMILES string of the molecule is COC(=O)c1ccc(-n2c(C)cc(/C=C3/NC(=O)N(Cc4ccccc4)C3=O)c2C)c(C)c1. The fourth-order valence-corrected chi connectivity index (χ4v) is 4.09. The average Bonchev–Trinajstić information content (AvgIpc) is 3.23. The summed E-state index contributed by atoms with van der Waals surface area (Å²) in [6, 6.07) is 16.3. The molecule has 3 amide bonds. The number of carbonyl (C=O) groups excluding carboxylic acids is 3. The number of esters is 1. The summed E-state index contributed by atoms with van der Waals surface area (Å²) in [6.07, 6.45) is 1.71. The summed E-state index contributed by atoms with van der Waals surface area (Å²) in [5.41, 5.74) is 6.16. The van der Waals surface area contributed by atoms with Gasteiger partial charge in [-0.2, -0.15) is 0 Å². The van der Waals surface area contributed by atoms with Gasteiger partial charge in [-0.05, 0) is 67.8 Å². The molecule has 0 radical (unpaired) electrons. The highest BCUT2D eigenvalue weighted by Gasteiger charge is 2.33. The van der Waals surface area contributed by atoms with Crippen LogP contribution in [0.4, 0.5) is 4.79 Å². The van der Waals surface area contributed by atoms with Crippen molar-refractivity contribution in [3.05, 3.63) is 93.9 Å². The Kier molecular flexibility index (Phi) is 5.87. The van der Waals surface area contributed by atoms with Crippen molar-refractivity contribution in [2.45, 2.75) is 27.3 Å². The molecule has 4 rings (SSSR count). The van der Waals surface area contributed by atoms with Crippen LogP contribution in [0.3, 0.4) is 0 Å². The van der Waals surface area contributed by atoms with Crippen molar-refractivity contribution in [3.8, 4) is 5.69 Å². The lowest BCUT2D eigenvalue weighted by Gasteiger charge is -2.14. The molecule has 1 fully saturated rings. The maximum absolute atomic E-state index is 12.9. The molecular formula is C26H25N3O4. The number of rotatable bonds is 5. The van der Waals surface area contributed by atoms with Crippen LogP contribution in [0.2, 0.25) is 0 Å². The van der Waals surface area contributed by atoms with Crippen LogP contribution in [0.25, 0.3) is 11.8 Å². The van der Waals surface area contributed by atoms with Gasteiger partial charge in [0.2, 0.25) is 0 Å². The minimum atomic E-state index is -0.432. The number of amides is 3. The normalized spacial score (nSPS) is 14.7. The predicted octanol–water partition coefficient (Wildman–Crippen LogP) is 4.28. The van der Waals surface area contributed by atoms with E-state index in [1.807, 2.05) is 63.2 Å². The highest BCUT2D eigenvalue weighted by Crippen LogP contribution is 2.26. The molecule has 1 aromatic heterocycles. The van der Waals surface area contributed by atoms with Gasteiger partial charge >= 0.3 is 12.0 Å². The standard InChI is InChI=1S/C26H25N3O4/c1-16-12-20(25(31)33-4)10-11-23(16)29-17(2)13-21(18(29)3)14-22-24(30)28(26(32)27-22)15-19-8-6-5-7-9-19/h5-14H,15H2,1-4H3,(H,27,32)/b22-14+. The Bertz CT molecular complexity index is 1290. The second-order valence-electron chi connectivity index (χ2n) is 8.02. The van der Waals surface area contributed by atoms with Crippen LogP contribution in [-0.4, -0.2) is 34.5 Å². The van der Waals surface area contributed by atoms with Crippen LogP contribution in [0.15, 0.2) is 60.3 Å². The van der Waals surface area contributed by atoms with Crippen LogP contribution in [0, 0.1) is 20.8 Å². The predicted molar refractivity (Wildman–Crippen MR) is 125 cm³/mol. The van der Waals surface area contributed by atoms with Crippen molar-refractivity contribution in [2.24, 2.45) is 0 Å². The highest BCUT2D eigenvalue weighted by molar-refractivity contribution is 6.14. The fourth-order valence-electron chi connectivity index (χ4n) is 4.09. The van der Waals surface area contributed by atoms with E-state index in [0.29, 0.717) is 5.56 Å². The Morgan fingerprint density at radius 3 is 2.42 bits per heavy atom. The van der Waals surface area contributed by atoms with Gasteiger partial charge in [0.05, 0.1) is 19.2 Å². The Balaban J connectivity index is 1.64. The van der Waals surface area contributed by atoms with Crippen molar-refractivity contribution in [3.63, 3.8) is 0 Å². The van der Waals surface area contributed by atoms with Crippen LogP contribution in [-0.2, 0) is 16.1 Å². The third-order valence-electron chi connectivity index (χ3n) is 5.77. The first-order chi connectivity index (χ1) is 15.8. The fraction of sp³-hybridized carbons (Fsp3) is 0.192. The Morgan fingerprint density at radius 2 is 1.76 bits per heavy atom. The summed E-state index contributed by atoms with van der Waals surface area (Å²) in [6.45, 7) is 6.07. The largest absolute Gasteiger partial charge is 0.465 e. The first-order valence-electron chi connectivity index (χ1n) is 10.6. The van der Waals surface area contributed by atoms with Crippen molar-refractivity contribution >= 4 is 24.0 Å². The first-order valence-corrected chi connectivity index (χ1v) is 10.6. The van der Waals surface area contributed by atoms with E-state index in [4.69, 9.17) is 4.74 Å². The number of aryl methyl sites for hydroxylation is 2. The van der Waals surface area contributed by atoms with Crippen molar-refractivity contribution in [2.75, 3.05) is 7.11 Å². The lowest BCUT2D eigenvalue weighted by atomic mass is 10.1. The Hall–Kier alpha value is -4.13. The highest BCUT2D eigenvalue weighted by atomic mass is 16.5. The quantitative estimate of drug-likeness (QED) is 0.363. The van der Waals surface area contributed by atoms with E-state index in [1.54, 1.807) is 18.2 Å². The zero-order valence-corrected chi connectivity index (χ0v) is 19.0. The van der Waals surface area contributed by atoms with E-state index in [-0.39, 0.29) is 24.1 Å². The number of benzene rings is 2. The Morgan fingerprint density at radius 1 is 1.03 bits per heavy atom. The molecule has 0 aliphatic carbocycles. The van der Waals surface area contributed by atoms with E-state index in [9.17, 15) is 14.4 Å². The Labute approximate surface area is 192 Å². The zero-order chi connectivity index (χ0) is 23.7. The number of urea groups is 1. The summed E-state index contributed by atoms with van der Waals surface area (Å²) in [5, 5.41) is 2.69. The van der Waals surface area contributed by atoms with Crippen LogP contribution >= 0.6 is 0 Å². The van der Waals surface area contributed by atoms with Crippen molar-refractivity contribution in [1.29, 1.82) is 0 Å².